The second-order valence-corrected chi connectivity index (χ2v) is 7.13. The predicted molar refractivity (Wildman–Crippen MR) is 119 cm³/mol. The molecule has 5 rings (SSSR count). The van der Waals surface area contributed by atoms with Crippen LogP contribution in [0.25, 0.3) is 33.3 Å². The fourth-order valence-electron chi connectivity index (χ4n) is 3.45. The van der Waals surface area contributed by atoms with Gasteiger partial charge >= 0.3 is 0 Å². The highest BCUT2D eigenvalue weighted by Crippen LogP contribution is 2.26. The van der Waals surface area contributed by atoms with E-state index >= 15 is 0 Å². The van der Waals surface area contributed by atoms with Crippen molar-refractivity contribution in [1.29, 1.82) is 0 Å². The minimum absolute atomic E-state index is 0.632. The van der Waals surface area contributed by atoms with Crippen LogP contribution in [0.15, 0.2) is 85.6 Å². The van der Waals surface area contributed by atoms with Crippen LogP contribution in [0.1, 0.15) is 5.56 Å². The lowest BCUT2D eigenvalue weighted by molar-refractivity contribution is 0.768. The monoisotopic (exact) mass is 392 g/mol. The summed E-state index contributed by atoms with van der Waals surface area (Å²) in [6.07, 6.45) is 7.25. The highest BCUT2D eigenvalue weighted by Gasteiger charge is 2.07. The van der Waals surface area contributed by atoms with E-state index in [1.807, 2.05) is 49.9 Å². The molecule has 0 aliphatic rings. The zero-order valence-electron chi connectivity index (χ0n) is 16.5. The molecule has 3 aromatic heterocycles. The minimum Gasteiger partial charge on any atom is -0.365 e. The summed E-state index contributed by atoms with van der Waals surface area (Å²) in [5, 5.41) is 8.61. The van der Waals surface area contributed by atoms with Crippen LogP contribution in [0.3, 0.4) is 0 Å². The summed E-state index contributed by atoms with van der Waals surface area (Å²) < 4.78 is 1.77. The molecule has 0 atom stereocenters. The average molecular weight is 392 g/mol. The maximum atomic E-state index is 4.56. The molecule has 0 unspecified atom stereocenters. The van der Waals surface area contributed by atoms with Gasteiger partial charge in [0.25, 0.3) is 0 Å². The van der Waals surface area contributed by atoms with Gasteiger partial charge in [0, 0.05) is 36.9 Å². The second kappa shape index (κ2) is 7.75. The molecule has 0 fully saturated rings. The first kappa shape index (κ1) is 18.0. The van der Waals surface area contributed by atoms with Crippen molar-refractivity contribution in [1.82, 2.24) is 24.7 Å². The fraction of sp³-hybridized carbons (Fsp3) is 0.0833. The highest BCUT2D eigenvalue weighted by molar-refractivity contribution is 5.91. The van der Waals surface area contributed by atoms with Gasteiger partial charge in [-0.2, -0.15) is 5.10 Å². The second-order valence-electron chi connectivity index (χ2n) is 7.13. The molecule has 5 aromatic rings. The van der Waals surface area contributed by atoms with Crippen LogP contribution < -0.4 is 5.32 Å². The number of hydrogen-bond donors (Lipinski definition) is 1. The molecular formula is C24H20N6. The number of benzene rings is 2. The molecule has 0 aliphatic heterocycles. The summed E-state index contributed by atoms with van der Waals surface area (Å²) >= 11 is 0. The maximum Gasteiger partial charge on any atom is 0.137 e. The third kappa shape index (κ3) is 3.63. The van der Waals surface area contributed by atoms with Crippen molar-refractivity contribution in [2.45, 2.75) is 6.54 Å². The highest BCUT2D eigenvalue weighted by atomic mass is 15.2. The summed E-state index contributed by atoms with van der Waals surface area (Å²) in [5.74, 6) is 0.816. The van der Waals surface area contributed by atoms with Crippen molar-refractivity contribution in [2.75, 3.05) is 5.32 Å². The third-order valence-corrected chi connectivity index (χ3v) is 5.03. The summed E-state index contributed by atoms with van der Waals surface area (Å²) in [5.41, 5.74) is 6.23. The summed E-state index contributed by atoms with van der Waals surface area (Å²) in [7, 11) is 1.90. The summed E-state index contributed by atoms with van der Waals surface area (Å²) in [6.45, 7) is 0.632. The number of pyridine rings is 1. The van der Waals surface area contributed by atoms with Gasteiger partial charge in [0.15, 0.2) is 0 Å². The molecule has 30 heavy (non-hydrogen) atoms. The molecule has 3 heterocycles. The van der Waals surface area contributed by atoms with Crippen molar-refractivity contribution in [3.8, 4) is 22.4 Å². The predicted octanol–water partition coefficient (Wildman–Crippen LogP) is 4.70. The van der Waals surface area contributed by atoms with Crippen molar-refractivity contribution in [3.05, 3.63) is 91.1 Å². The first-order valence-corrected chi connectivity index (χ1v) is 9.74. The van der Waals surface area contributed by atoms with E-state index in [2.05, 4.69) is 61.8 Å². The van der Waals surface area contributed by atoms with Crippen molar-refractivity contribution < 1.29 is 0 Å². The van der Waals surface area contributed by atoms with Gasteiger partial charge in [-0.15, -0.1) is 0 Å². The average Bonchev–Trinajstić information content (AvgIpc) is 3.24. The standard InChI is InChI=1S/C24H20N6/c1-30-15-20(14-29-30)22-10-7-17(12-25-22)13-26-24-21-9-8-19(11-23(21)27-16-28-24)18-5-3-2-4-6-18/h2-12,14-16H,13H2,1H3,(H,26,27,28). The molecule has 0 aliphatic carbocycles. The van der Waals surface area contributed by atoms with Crippen molar-refractivity contribution >= 4 is 16.7 Å². The van der Waals surface area contributed by atoms with Gasteiger partial charge < -0.3 is 5.32 Å². The summed E-state index contributed by atoms with van der Waals surface area (Å²) in [6, 6.07) is 20.7. The van der Waals surface area contributed by atoms with E-state index in [0.29, 0.717) is 6.54 Å². The molecule has 6 heteroatoms. The lowest BCUT2D eigenvalue weighted by atomic mass is 10.0. The molecule has 0 amide bonds. The molecule has 1 N–H and O–H groups in total. The van der Waals surface area contributed by atoms with Crippen LogP contribution in [-0.2, 0) is 13.6 Å². The van der Waals surface area contributed by atoms with Crippen LogP contribution in [-0.4, -0.2) is 24.7 Å². The molecule has 0 bridgehead atoms. The van der Waals surface area contributed by atoms with Gasteiger partial charge in [0.1, 0.15) is 12.1 Å². The van der Waals surface area contributed by atoms with Crippen LogP contribution in [0.5, 0.6) is 0 Å². The SMILES string of the molecule is Cn1cc(-c2ccc(CNc3ncnc4cc(-c5ccccc5)ccc34)cn2)cn1. The number of anilines is 1. The van der Waals surface area contributed by atoms with E-state index in [4.69, 9.17) is 0 Å². The smallest absolute Gasteiger partial charge is 0.137 e. The van der Waals surface area contributed by atoms with Crippen LogP contribution in [0.2, 0.25) is 0 Å². The van der Waals surface area contributed by atoms with Crippen LogP contribution >= 0.6 is 0 Å². The number of hydrogen-bond acceptors (Lipinski definition) is 5. The number of nitrogens with zero attached hydrogens (tertiary/aromatic N) is 5. The molecule has 0 saturated heterocycles. The normalized spacial score (nSPS) is 11.0. The first-order valence-electron chi connectivity index (χ1n) is 9.74. The topological polar surface area (TPSA) is 68.5 Å². The molecule has 0 radical (unpaired) electrons. The molecule has 2 aromatic carbocycles. The lowest BCUT2D eigenvalue weighted by Gasteiger charge is -2.10. The number of rotatable bonds is 5. The zero-order chi connectivity index (χ0) is 20.3. The quantitative estimate of drug-likeness (QED) is 0.469. The Hall–Kier alpha value is -4.06. The molecule has 146 valence electrons. The minimum atomic E-state index is 0.632. The van der Waals surface area contributed by atoms with Gasteiger partial charge in [0.2, 0.25) is 0 Å². The van der Waals surface area contributed by atoms with Crippen LogP contribution in [0, 0.1) is 0 Å². The Balaban J connectivity index is 1.35. The van der Waals surface area contributed by atoms with Gasteiger partial charge in [0.05, 0.1) is 17.4 Å². The third-order valence-electron chi connectivity index (χ3n) is 5.03. The van der Waals surface area contributed by atoms with E-state index in [1.54, 1.807) is 11.0 Å². The first-order chi connectivity index (χ1) is 14.8. The van der Waals surface area contributed by atoms with E-state index < -0.39 is 0 Å². The maximum absolute atomic E-state index is 4.56. The summed E-state index contributed by atoms with van der Waals surface area (Å²) in [4.78, 5) is 13.5. The van der Waals surface area contributed by atoms with E-state index in [1.165, 1.54) is 5.56 Å². The van der Waals surface area contributed by atoms with Gasteiger partial charge in [-0.1, -0.05) is 42.5 Å². The fourth-order valence-corrected chi connectivity index (χ4v) is 3.45. The van der Waals surface area contributed by atoms with E-state index in [0.717, 1.165) is 39.1 Å². The lowest BCUT2D eigenvalue weighted by Crippen LogP contribution is -2.03. The Morgan fingerprint density at radius 3 is 2.50 bits per heavy atom. The van der Waals surface area contributed by atoms with E-state index in [9.17, 15) is 0 Å². The molecule has 0 spiro atoms. The largest absolute Gasteiger partial charge is 0.365 e. The Morgan fingerprint density at radius 1 is 0.833 bits per heavy atom. The Kier molecular flexibility index (Phi) is 4.65. The number of fused-ring (bicyclic) bond motifs is 1. The number of nitrogens with one attached hydrogen (secondary N) is 1. The zero-order valence-corrected chi connectivity index (χ0v) is 16.5. The Morgan fingerprint density at radius 2 is 1.73 bits per heavy atom. The number of aryl methyl sites for hydroxylation is 1. The van der Waals surface area contributed by atoms with Crippen molar-refractivity contribution in [2.24, 2.45) is 7.05 Å². The molecular weight excluding hydrogens is 372 g/mol. The van der Waals surface area contributed by atoms with Crippen LogP contribution in [0.4, 0.5) is 5.82 Å². The molecule has 6 nitrogen and oxygen atoms in total. The molecule has 0 saturated carbocycles. The number of aromatic nitrogens is 5. The Labute approximate surface area is 174 Å². The van der Waals surface area contributed by atoms with Gasteiger partial charge in [-0.05, 0) is 34.9 Å². The van der Waals surface area contributed by atoms with Gasteiger partial charge in [-0.3, -0.25) is 9.67 Å². The van der Waals surface area contributed by atoms with Crippen molar-refractivity contribution in [3.63, 3.8) is 0 Å². The Bertz CT molecular complexity index is 1290. The van der Waals surface area contributed by atoms with Gasteiger partial charge in [-0.25, -0.2) is 9.97 Å². The van der Waals surface area contributed by atoms with E-state index in [-0.39, 0.29) is 0 Å².